The average Bonchev–Trinajstić information content (AvgIpc) is 3.47. The Morgan fingerprint density at radius 1 is 0.938 bits per heavy atom. The molecule has 0 aliphatic heterocycles. The Labute approximate surface area is 188 Å². The summed E-state index contributed by atoms with van der Waals surface area (Å²) < 4.78 is 1.92. The molecule has 0 atom stereocenters. The van der Waals surface area contributed by atoms with Gasteiger partial charge in [0.2, 0.25) is 0 Å². The number of benzene rings is 1. The molecule has 2 N–H and O–H groups in total. The number of pyridine rings is 2. The van der Waals surface area contributed by atoms with Crippen molar-refractivity contribution in [1.82, 2.24) is 24.7 Å². The minimum Gasteiger partial charge on any atom is -0.356 e. The van der Waals surface area contributed by atoms with Crippen LogP contribution in [0.1, 0.15) is 21.7 Å². The van der Waals surface area contributed by atoms with E-state index in [9.17, 15) is 4.79 Å². The maximum Gasteiger partial charge on any atom is 0.272 e. The van der Waals surface area contributed by atoms with E-state index in [2.05, 4.69) is 25.6 Å². The van der Waals surface area contributed by atoms with Crippen molar-refractivity contribution in [2.24, 2.45) is 0 Å². The molecule has 0 fully saturated rings. The van der Waals surface area contributed by atoms with Crippen LogP contribution in [-0.4, -0.2) is 25.3 Å². The molecule has 5 aromatic rings. The number of hydrogen-bond acceptors (Lipinski definition) is 6. The number of aromatic nitrogens is 4. The summed E-state index contributed by atoms with van der Waals surface area (Å²) in [6.45, 7) is 1.03. The molecular weight excluding hydrogens is 420 g/mol. The molecule has 4 heterocycles. The zero-order valence-corrected chi connectivity index (χ0v) is 17.9. The number of thiazole rings is 1. The van der Waals surface area contributed by atoms with E-state index in [0.717, 1.165) is 26.8 Å². The van der Waals surface area contributed by atoms with E-state index in [4.69, 9.17) is 0 Å². The fourth-order valence-corrected chi connectivity index (χ4v) is 4.17. The lowest BCUT2D eigenvalue weighted by molar-refractivity contribution is 0.0948. The Bertz CT molecular complexity index is 1350. The first kappa shape index (κ1) is 19.9. The maximum absolute atomic E-state index is 12.9. The first-order valence-electron chi connectivity index (χ1n) is 10.2. The van der Waals surface area contributed by atoms with Crippen LogP contribution in [0.4, 0.5) is 5.13 Å². The number of nitrogens with one attached hydrogen (secondary N) is 2. The predicted molar refractivity (Wildman–Crippen MR) is 125 cm³/mol. The van der Waals surface area contributed by atoms with Crippen LogP contribution in [0.3, 0.4) is 0 Å². The topological polar surface area (TPSA) is 84.2 Å². The summed E-state index contributed by atoms with van der Waals surface area (Å²) in [5, 5.41) is 7.04. The van der Waals surface area contributed by atoms with Crippen molar-refractivity contribution in [2.75, 3.05) is 5.32 Å². The maximum atomic E-state index is 12.9. The number of amides is 1. The fourth-order valence-electron chi connectivity index (χ4n) is 3.37. The molecular formula is C24H20N6OS. The van der Waals surface area contributed by atoms with Gasteiger partial charge in [-0.1, -0.05) is 53.8 Å². The second-order valence-corrected chi connectivity index (χ2v) is 8.14. The molecule has 0 aliphatic carbocycles. The molecule has 0 spiro atoms. The lowest BCUT2D eigenvalue weighted by Gasteiger charge is -2.03. The normalized spacial score (nSPS) is 10.9. The van der Waals surface area contributed by atoms with Crippen molar-refractivity contribution < 1.29 is 4.79 Å². The molecule has 7 nitrogen and oxygen atoms in total. The van der Waals surface area contributed by atoms with Crippen LogP contribution in [0.25, 0.3) is 16.2 Å². The first-order valence-corrected chi connectivity index (χ1v) is 11.0. The number of carbonyl (C=O) groups is 1. The van der Waals surface area contributed by atoms with E-state index in [1.54, 1.807) is 12.4 Å². The second-order valence-electron chi connectivity index (χ2n) is 7.11. The van der Waals surface area contributed by atoms with E-state index in [0.29, 0.717) is 24.6 Å². The van der Waals surface area contributed by atoms with E-state index in [1.165, 1.54) is 11.3 Å². The summed E-state index contributed by atoms with van der Waals surface area (Å²) in [7, 11) is 0. The SMILES string of the molecule is O=C(NCc1ccccc1)c1nc(-c2cnc(NCc3ccccn3)s2)n2ccccc12. The van der Waals surface area contributed by atoms with Crippen LogP contribution >= 0.6 is 11.3 Å². The molecule has 0 aliphatic rings. The van der Waals surface area contributed by atoms with E-state index in [1.807, 2.05) is 77.3 Å². The Balaban J connectivity index is 1.38. The highest BCUT2D eigenvalue weighted by Gasteiger charge is 2.19. The first-order chi connectivity index (χ1) is 15.8. The van der Waals surface area contributed by atoms with Crippen LogP contribution in [0.5, 0.6) is 0 Å². The van der Waals surface area contributed by atoms with E-state index in [-0.39, 0.29) is 5.91 Å². The zero-order valence-electron chi connectivity index (χ0n) is 17.1. The predicted octanol–water partition coefficient (Wildman–Crippen LogP) is 4.39. The van der Waals surface area contributed by atoms with Crippen LogP contribution < -0.4 is 10.6 Å². The highest BCUT2D eigenvalue weighted by atomic mass is 32.1. The summed E-state index contributed by atoms with van der Waals surface area (Å²) in [6, 6.07) is 21.4. The summed E-state index contributed by atoms with van der Waals surface area (Å²) in [5.41, 5.74) is 3.13. The third-order valence-electron chi connectivity index (χ3n) is 4.93. The van der Waals surface area contributed by atoms with Gasteiger partial charge in [-0.25, -0.2) is 9.97 Å². The van der Waals surface area contributed by atoms with Gasteiger partial charge in [-0.05, 0) is 29.8 Å². The van der Waals surface area contributed by atoms with Crippen molar-refractivity contribution in [2.45, 2.75) is 13.1 Å². The molecule has 1 aromatic carbocycles. The van der Waals surface area contributed by atoms with Gasteiger partial charge < -0.3 is 10.6 Å². The van der Waals surface area contributed by atoms with Gasteiger partial charge in [0.1, 0.15) is 0 Å². The third-order valence-corrected chi connectivity index (χ3v) is 5.88. The van der Waals surface area contributed by atoms with Gasteiger partial charge in [-0.2, -0.15) is 0 Å². The highest BCUT2D eigenvalue weighted by molar-refractivity contribution is 7.18. The molecule has 1 amide bonds. The summed E-state index contributed by atoms with van der Waals surface area (Å²) >= 11 is 1.49. The molecule has 0 bridgehead atoms. The van der Waals surface area contributed by atoms with Crippen molar-refractivity contribution in [3.05, 3.63) is 102 Å². The number of imidazole rings is 1. The summed E-state index contributed by atoms with van der Waals surface area (Å²) in [6.07, 6.45) is 5.45. The average molecular weight is 441 g/mol. The van der Waals surface area contributed by atoms with Crippen molar-refractivity contribution in [1.29, 1.82) is 0 Å². The minimum atomic E-state index is -0.207. The Kier molecular flexibility index (Phi) is 5.59. The largest absolute Gasteiger partial charge is 0.356 e. The van der Waals surface area contributed by atoms with Gasteiger partial charge in [-0.3, -0.25) is 14.2 Å². The third kappa shape index (κ3) is 4.21. The highest BCUT2D eigenvalue weighted by Crippen LogP contribution is 2.30. The number of hydrogen-bond donors (Lipinski definition) is 2. The molecule has 32 heavy (non-hydrogen) atoms. The number of rotatable bonds is 7. The lowest BCUT2D eigenvalue weighted by atomic mass is 10.2. The molecule has 158 valence electrons. The van der Waals surface area contributed by atoms with Gasteiger partial charge in [0, 0.05) is 18.9 Å². The Hall–Kier alpha value is -4.04. The summed E-state index contributed by atoms with van der Waals surface area (Å²) in [4.78, 5) is 27.3. The van der Waals surface area contributed by atoms with Gasteiger partial charge >= 0.3 is 0 Å². The van der Waals surface area contributed by atoms with Crippen LogP contribution in [0.2, 0.25) is 0 Å². The van der Waals surface area contributed by atoms with Crippen LogP contribution in [-0.2, 0) is 13.1 Å². The number of carbonyl (C=O) groups excluding carboxylic acids is 1. The van der Waals surface area contributed by atoms with E-state index < -0.39 is 0 Å². The molecule has 4 aromatic heterocycles. The van der Waals surface area contributed by atoms with E-state index >= 15 is 0 Å². The summed E-state index contributed by atoms with van der Waals surface area (Å²) in [5.74, 6) is 0.482. The van der Waals surface area contributed by atoms with Crippen molar-refractivity contribution in [3.8, 4) is 10.7 Å². The molecule has 8 heteroatoms. The lowest BCUT2D eigenvalue weighted by Crippen LogP contribution is -2.23. The van der Waals surface area contributed by atoms with Gasteiger partial charge in [-0.15, -0.1) is 0 Å². The Morgan fingerprint density at radius 3 is 2.62 bits per heavy atom. The van der Waals surface area contributed by atoms with Crippen molar-refractivity contribution >= 4 is 27.9 Å². The standard InChI is InChI=1S/C24H20N6OS/c31-23(26-14-17-8-2-1-3-9-17)21-19-11-5-7-13-30(19)22(29-21)20-16-28-24(32-20)27-15-18-10-4-6-12-25-18/h1-13,16H,14-15H2,(H,26,31)(H,27,28). The molecule has 5 rings (SSSR count). The Morgan fingerprint density at radius 2 is 1.78 bits per heavy atom. The van der Waals surface area contributed by atoms with Gasteiger partial charge in [0.05, 0.1) is 28.8 Å². The van der Waals surface area contributed by atoms with Crippen molar-refractivity contribution in [3.63, 3.8) is 0 Å². The van der Waals surface area contributed by atoms with Gasteiger partial charge in [0.15, 0.2) is 16.6 Å². The molecule has 0 saturated heterocycles. The quantitative estimate of drug-likeness (QED) is 0.392. The van der Waals surface area contributed by atoms with Gasteiger partial charge in [0.25, 0.3) is 5.91 Å². The zero-order chi connectivity index (χ0) is 21.8. The number of fused-ring (bicyclic) bond motifs is 1. The fraction of sp³-hybridized carbons (Fsp3) is 0.0833. The van der Waals surface area contributed by atoms with Crippen LogP contribution in [0.15, 0.2) is 85.3 Å². The number of anilines is 1. The van der Waals surface area contributed by atoms with Crippen LogP contribution in [0, 0.1) is 0 Å². The minimum absolute atomic E-state index is 0.207. The monoisotopic (exact) mass is 440 g/mol. The second kappa shape index (κ2) is 8.99. The molecule has 0 saturated carbocycles. The molecule has 0 unspecified atom stereocenters. The smallest absolute Gasteiger partial charge is 0.272 e. The number of nitrogens with zero attached hydrogens (tertiary/aromatic N) is 4. The molecule has 0 radical (unpaired) electrons.